The maximum atomic E-state index is 11.8. The number of benzene rings is 1. The predicted octanol–water partition coefficient (Wildman–Crippen LogP) is 3.96. The van der Waals surface area contributed by atoms with Gasteiger partial charge in [0.2, 0.25) is 0 Å². The Morgan fingerprint density at radius 2 is 2.21 bits per heavy atom. The zero-order valence-electron chi connectivity index (χ0n) is 8.18. The first-order valence-corrected chi connectivity index (χ1v) is 5.73. The molecule has 0 radical (unpaired) electrons. The quantitative estimate of drug-likeness (QED) is 0.603. The number of carbonyl (C=O) groups is 1. The van der Waals surface area contributed by atoms with Crippen LogP contribution in [0, 0.1) is 6.92 Å². The van der Waals surface area contributed by atoms with E-state index in [-0.39, 0.29) is 5.78 Å². The summed E-state index contributed by atoms with van der Waals surface area (Å²) in [4.78, 5) is 11.8. The second kappa shape index (κ2) is 4.94. The molecular formula is C11H12BrClO. The first-order valence-electron chi connectivity index (χ1n) is 4.50. The number of hydrogen-bond acceptors (Lipinski definition) is 1. The minimum atomic E-state index is -0.408. The van der Waals surface area contributed by atoms with Crippen molar-refractivity contribution in [3.8, 4) is 0 Å². The molecule has 0 fully saturated rings. The van der Waals surface area contributed by atoms with E-state index in [0.29, 0.717) is 6.42 Å². The van der Waals surface area contributed by atoms with E-state index >= 15 is 0 Å². The fourth-order valence-corrected chi connectivity index (χ4v) is 1.85. The summed E-state index contributed by atoms with van der Waals surface area (Å²) in [5.74, 6) is 0.0131. The Morgan fingerprint density at radius 3 is 2.71 bits per heavy atom. The van der Waals surface area contributed by atoms with Crippen molar-refractivity contribution < 1.29 is 4.79 Å². The fourth-order valence-electron chi connectivity index (χ4n) is 1.26. The molecule has 14 heavy (non-hydrogen) atoms. The number of halogens is 2. The molecule has 0 amide bonds. The SMILES string of the molecule is CCC(Cl)C(=O)c1ccc(Br)cc1C. The Hall–Kier alpha value is -0.340. The van der Waals surface area contributed by atoms with Crippen LogP contribution in [0.2, 0.25) is 0 Å². The highest BCUT2D eigenvalue weighted by Gasteiger charge is 2.16. The van der Waals surface area contributed by atoms with Gasteiger partial charge in [0, 0.05) is 10.0 Å². The van der Waals surface area contributed by atoms with Gasteiger partial charge in [-0.25, -0.2) is 0 Å². The largest absolute Gasteiger partial charge is 0.292 e. The predicted molar refractivity (Wildman–Crippen MR) is 63.1 cm³/mol. The van der Waals surface area contributed by atoms with E-state index in [1.54, 1.807) is 0 Å². The maximum absolute atomic E-state index is 11.8. The molecule has 0 bridgehead atoms. The second-order valence-corrected chi connectivity index (χ2v) is 4.64. The van der Waals surface area contributed by atoms with Gasteiger partial charge >= 0.3 is 0 Å². The number of carbonyl (C=O) groups excluding carboxylic acids is 1. The van der Waals surface area contributed by atoms with Gasteiger partial charge < -0.3 is 0 Å². The second-order valence-electron chi connectivity index (χ2n) is 3.20. The molecule has 0 saturated carbocycles. The molecule has 0 aromatic heterocycles. The molecule has 1 atom stereocenters. The van der Waals surface area contributed by atoms with Gasteiger partial charge in [-0.1, -0.05) is 22.9 Å². The molecule has 0 aliphatic carbocycles. The first kappa shape index (κ1) is 11.7. The van der Waals surface area contributed by atoms with Crippen LogP contribution in [0.3, 0.4) is 0 Å². The molecular weight excluding hydrogens is 263 g/mol. The van der Waals surface area contributed by atoms with Crippen molar-refractivity contribution in [1.82, 2.24) is 0 Å². The standard InChI is InChI=1S/C11H12BrClO/c1-3-10(13)11(14)9-5-4-8(12)6-7(9)2/h4-6,10H,3H2,1-2H3. The van der Waals surface area contributed by atoms with E-state index in [4.69, 9.17) is 11.6 Å². The van der Waals surface area contributed by atoms with Crippen LogP contribution in [-0.4, -0.2) is 11.2 Å². The minimum absolute atomic E-state index is 0.0131. The average Bonchev–Trinajstić information content (AvgIpc) is 2.15. The van der Waals surface area contributed by atoms with Crippen LogP contribution in [0.4, 0.5) is 0 Å². The lowest BCUT2D eigenvalue weighted by molar-refractivity contribution is 0.0985. The molecule has 76 valence electrons. The van der Waals surface area contributed by atoms with E-state index in [2.05, 4.69) is 15.9 Å². The Morgan fingerprint density at radius 1 is 1.57 bits per heavy atom. The number of Topliss-reactive ketones (excluding diaryl/α,β-unsaturated/α-hetero) is 1. The Balaban J connectivity index is 3.02. The molecule has 1 unspecified atom stereocenters. The lowest BCUT2D eigenvalue weighted by atomic mass is 10.0. The van der Waals surface area contributed by atoms with Gasteiger partial charge in [-0.3, -0.25) is 4.79 Å². The molecule has 1 aromatic rings. The van der Waals surface area contributed by atoms with Gasteiger partial charge in [0.1, 0.15) is 0 Å². The molecule has 1 rings (SSSR count). The Kier molecular flexibility index (Phi) is 4.14. The molecule has 3 heteroatoms. The third-order valence-corrected chi connectivity index (χ3v) is 3.10. The number of aryl methyl sites for hydroxylation is 1. The zero-order chi connectivity index (χ0) is 10.7. The summed E-state index contributed by atoms with van der Waals surface area (Å²) < 4.78 is 0.981. The summed E-state index contributed by atoms with van der Waals surface area (Å²) in [5, 5.41) is -0.408. The highest BCUT2D eigenvalue weighted by Crippen LogP contribution is 2.19. The molecule has 1 aromatic carbocycles. The minimum Gasteiger partial charge on any atom is -0.292 e. The van der Waals surface area contributed by atoms with Crippen molar-refractivity contribution >= 4 is 33.3 Å². The molecule has 1 nitrogen and oxygen atoms in total. The molecule has 0 spiro atoms. The first-order chi connectivity index (χ1) is 6.56. The lowest BCUT2D eigenvalue weighted by Crippen LogP contribution is -2.14. The highest BCUT2D eigenvalue weighted by atomic mass is 79.9. The van der Waals surface area contributed by atoms with E-state index in [9.17, 15) is 4.79 Å². The van der Waals surface area contributed by atoms with Crippen LogP contribution in [0.5, 0.6) is 0 Å². The van der Waals surface area contributed by atoms with Crippen LogP contribution in [0.25, 0.3) is 0 Å². The van der Waals surface area contributed by atoms with Crippen molar-refractivity contribution in [3.05, 3.63) is 33.8 Å². The Labute approximate surface area is 97.6 Å². The van der Waals surface area contributed by atoms with E-state index in [0.717, 1.165) is 15.6 Å². The molecule has 0 aliphatic heterocycles. The summed E-state index contributed by atoms with van der Waals surface area (Å²) in [6, 6.07) is 5.60. The summed E-state index contributed by atoms with van der Waals surface area (Å²) in [6.45, 7) is 3.82. The van der Waals surface area contributed by atoms with Crippen molar-refractivity contribution in [2.24, 2.45) is 0 Å². The van der Waals surface area contributed by atoms with Crippen LogP contribution >= 0.6 is 27.5 Å². The topological polar surface area (TPSA) is 17.1 Å². The summed E-state index contributed by atoms with van der Waals surface area (Å²) in [6.07, 6.45) is 0.663. The van der Waals surface area contributed by atoms with E-state index in [1.165, 1.54) is 0 Å². The monoisotopic (exact) mass is 274 g/mol. The normalized spacial score (nSPS) is 12.6. The van der Waals surface area contributed by atoms with Crippen LogP contribution in [0.1, 0.15) is 29.3 Å². The van der Waals surface area contributed by atoms with Crippen LogP contribution in [0.15, 0.2) is 22.7 Å². The van der Waals surface area contributed by atoms with Crippen LogP contribution < -0.4 is 0 Å². The Bertz CT molecular complexity index is 349. The maximum Gasteiger partial charge on any atom is 0.180 e. The summed E-state index contributed by atoms with van der Waals surface area (Å²) >= 11 is 9.26. The van der Waals surface area contributed by atoms with Crippen molar-refractivity contribution in [1.29, 1.82) is 0 Å². The highest BCUT2D eigenvalue weighted by molar-refractivity contribution is 9.10. The van der Waals surface area contributed by atoms with Crippen molar-refractivity contribution in [2.45, 2.75) is 25.6 Å². The molecule has 0 N–H and O–H groups in total. The zero-order valence-corrected chi connectivity index (χ0v) is 10.5. The van der Waals surface area contributed by atoms with Crippen molar-refractivity contribution in [3.63, 3.8) is 0 Å². The summed E-state index contributed by atoms with van der Waals surface area (Å²) in [7, 11) is 0. The smallest absolute Gasteiger partial charge is 0.180 e. The van der Waals surface area contributed by atoms with Gasteiger partial charge in [0.05, 0.1) is 5.38 Å². The molecule has 0 saturated heterocycles. The van der Waals surface area contributed by atoms with Crippen molar-refractivity contribution in [2.75, 3.05) is 0 Å². The molecule has 0 aliphatic rings. The number of ketones is 1. The number of rotatable bonds is 3. The van der Waals surface area contributed by atoms with Gasteiger partial charge in [0.15, 0.2) is 5.78 Å². The fraction of sp³-hybridized carbons (Fsp3) is 0.364. The van der Waals surface area contributed by atoms with E-state index < -0.39 is 5.38 Å². The van der Waals surface area contributed by atoms with Gasteiger partial charge in [-0.2, -0.15) is 0 Å². The molecule has 0 heterocycles. The lowest BCUT2D eigenvalue weighted by Gasteiger charge is -2.08. The van der Waals surface area contributed by atoms with Gasteiger partial charge in [-0.05, 0) is 37.1 Å². The third kappa shape index (κ3) is 2.58. The van der Waals surface area contributed by atoms with Gasteiger partial charge in [0.25, 0.3) is 0 Å². The van der Waals surface area contributed by atoms with Crippen LogP contribution in [-0.2, 0) is 0 Å². The van der Waals surface area contributed by atoms with E-state index in [1.807, 2.05) is 32.0 Å². The average molecular weight is 276 g/mol. The summed E-state index contributed by atoms with van der Waals surface area (Å²) in [5.41, 5.74) is 1.68. The van der Waals surface area contributed by atoms with Gasteiger partial charge in [-0.15, -0.1) is 11.6 Å². The number of alkyl halides is 1. The third-order valence-electron chi connectivity index (χ3n) is 2.10. The number of hydrogen-bond donors (Lipinski definition) is 0.